The molecule has 0 aliphatic rings. The minimum absolute atomic E-state index is 0.680. The van der Waals surface area contributed by atoms with Gasteiger partial charge in [-0.25, -0.2) is 19.9 Å². The summed E-state index contributed by atoms with van der Waals surface area (Å²) < 4.78 is 20.0. The highest BCUT2D eigenvalue weighted by Gasteiger charge is 2.31. The number of nitrogens with zero attached hydrogens (tertiary/aromatic N) is 7. The number of thiophene rings is 5. The quantitative estimate of drug-likeness (QED) is 0.121. The Balaban J connectivity index is 0.495. The molecule has 684 valence electrons. The molecule has 0 aliphatic heterocycles. The molecular weight excluding hydrogens is 1890 g/mol. The van der Waals surface area contributed by atoms with Gasteiger partial charge < -0.3 is 13.7 Å². The van der Waals surface area contributed by atoms with Gasteiger partial charge in [0.1, 0.15) is 0 Å². The molecule has 0 spiro atoms. The fourth-order valence-electron chi connectivity index (χ4n) is 24.6. The molecule has 0 unspecified atom stereocenters. The van der Waals surface area contributed by atoms with Crippen LogP contribution in [0.25, 0.3) is 327 Å². The van der Waals surface area contributed by atoms with E-state index in [2.05, 4.69) is 469 Å². The molecule has 0 radical (unpaired) electrons. The Morgan fingerprint density at radius 1 is 0.155 bits per heavy atom. The first-order chi connectivity index (χ1) is 73.4. The van der Waals surface area contributed by atoms with Crippen molar-refractivity contribution < 1.29 is 0 Å². The first kappa shape index (κ1) is 82.4. The predicted octanol–water partition coefficient (Wildman–Crippen LogP) is 39.5. The Kier molecular flexibility index (Phi) is 17.7. The predicted molar refractivity (Wildman–Crippen MR) is 636 cm³/mol. The maximum Gasteiger partial charge on any atom is 0.160 e. The van der Waals surface area contributed by atoms with Crippen molar-refractivity contribution in [3.8, 4) is 107 Å². The standard InChI is InChI=1S/C136H75N7S5/c1-4-26-76(27-5-1)85-58-66-111-108(73-85)119-94-34-12-13-35-95(94)121-100-38-16-22-44-112(100)145-131(121)129(119)141(111)89-59-52-79(53-60-89)84-55-63-96-107(72-84)123-102-40-18-24-46-114(102)147-133(123)128-118(96)98-36-14-20-42-109(98)142(128)90-61-67-116-105(75-90)93-62-57-86(74-117(93)144-116)135-137-124(104-65-54-80-30-10-11-33-92(80)126(104)139-135)82-50-48-78(49-51-82)83-56-64-97-106(71-83)120-99-37-15-21-43-110(99)143(130(120)132-122(97)101-39-17-23-45-113(101)146-132)91-69-87(77-28-6-2-7-29-77)68-88(70-91)136-138-125(81-31-8-3-9-32-81)134-127(140-136)103-41-19-25-47-115(103)148-134/h1-75H. The molecule has 7 nitrogen and oxygen atoms in total. The van der Waals surface area contributed by atoms with Crippen LogP contribution in [-0.2, 0) is 0 Å². The Morgan fingerprint density at radius 2 is 0.534 bits per heavy atom. The van der Waals surface area contributed by atoms with Gasteiger partial charge in [-0.05, 0) is 204 Å². The Morgan fingerprint density at radius 3 is 1.17 bits per heavy atom. The SMILES string of the molecule is c1ccc(-c2cc(-c3nc(-c4ccccc4)c4sc5ccccc5c4n3)cc(-n3c4ccccc4c4c5cc(-c6ccc(-c7nc(-c8ccc9c(c8)sc8ccc(-n%10c%11ccccc%11c%11c%12ccc(-c%13ccc(-n%14c%15ccc(-c%16ccccc%16)cc%15c%15c%16ccccc%16c%16c%17ccccc%17sc%16c%15%14)cc%13)cc%12c%12c%13ccccc%13sc%12c%11%10)cc89)nc8c7ccc7ccccc78)cc6)ccc5c5c6ccccc6sc5c43)c2)cc1. The van der Waals surface area contributed by atoms with Crippen LogP contribution in [0.1, 0.15) is 0 Å². The van der Waals surface area contributed by atoms with Crippen LogP contribution in [-0.4, -0.2) is 33.6 Å². The average molecular weight is 1970 g/mol. The van der Waals surface area contributed by atoms with Crippen molar-refractivity contribution in [1.29, 1.82) is 0 Å². The summed E-state index contributed by atoms with van der Waals surface area (Å²) in [6.45, 7) is 0. The van der Waals surface area contributed by atoms with Gasteiger partial charge in [0, 0.05) is 159 Å². The molecule has 33 rings (SSSR count). The van der Waals surface area contributed by atoms with E-state index in [1.54, 1.807) is 11.3 Å². The van der Waals surface area contributed by atoms with Crippen LogP contribution in [0.4, 0.5) is 0 Å². The number of para-hydroxylation sites is 2. The van der Waals surface area contributed by atoms with Gasteiger partial charge >= 0.3 is 0 Å². The second-order valence-corrected chi connectivity index (χ2v) is 44.4. The van der Waals surface area contributed by atoms with E-state index in [1.165, 1.54) is 200 Å². The summed E-state index contributed by atoms with van der Waals surface area (Å²) in [6, 6.07) is 169. The maximum absolute atomic E-state index is 5.70. The number of hydrogen-bond acceptors (Lipinski definition) is 9. The first-order valence-electron chi connectivity index (χ1n) is 50.2. The smallest absolute Gasteiger partial charge is 0.160 e. The Hall–Kier alpha value is -18.0. The second-order valence-electron chi connectivity index (χ2n) is 39.2. The Bertz CT molecular complexity index is 11600. The van der Waals surface area contributed by atoms with Gasteiger partial charge in [0.05, 0.1) is 74.3 Å². The van der Waals surface area contributed by atoms with Crippen LogP contribution >= 0.6 is 56.7 Å². The molecule has 0 N–H and O–H groups in total. The van der Waals surface area contributed by atoms with Crippen molar-refractivity contribution >= 4 is 277 Å². The van der Waals surface area contributed by atoms with Crippen molar-refractivity contribution in [2.75, 3.05) is 0 Å². The second kappa shape index (κ2) is 31.8. The lowest BCUT2D eigenvalue weighted by Crippen LogP contribution is -1.99. The molecule has 0 amide bonds. The third kappa shape index (κ3) is 12.2. The van der Waals surface area contributed by atoms with Crippen molar-refractivity contribution in [3.05, 3.63) is 455 Å². The fraction of sp³-hybridized carbons (Fsp3) is 0. The molecule has 23 aromatic carbocycles. The Labute approximate surface area is 865 Å². The molecular formula is C136H75N7S5. The van der Waals surface area contributed by atoms with Gasteiger partial charge in [0.15, 0.2) is 11.6 Å². The minimum Gasteiger partial charge on any atom is -0.308 e. The molecule has 0 saturated carbocycles. The van der Waals surface area contributed by atoms with E-state index >= 15 is 0 Å². The summed E-state index contributed by atoms with van der Waals surface area (Å²) in [5, 5.41) is 29.3. The number of aromatic nitrogens is 7. The van der Waals surface area contributed by atoms with Crippen LogP contribution in [0, 0.1) is 0 Å². The van der Waals surface area contributed by atoms with E-state index in [-0.39, 0.29) is 0 Å². The minimum atomic E-state index is 0.680. The van der Waals surface area contributed by atoms with Gasteiger partial charge in [0.2, 0.25) is 0 Å². The van der Waals surface area contributed by atoms with Crippen molar-refractivity contribution in [2.24, 2.45) is 0 Å². The van der Waals surface area contributed by atoms with Crippen LogP contribution in [0.15, 0.2) is 455 Å². The van der Waals surface area contributed by atoms with Gasteiger partial charge in [-0.2, -0.15) is 0 Å². The molecule has 10 heterocycles. The number of rotatable bonds is 11. The van der Waals surface area contributed by atoms with Crippen molar-refractivity contribution in [3.63, 3.8) is 0 Å². The fourth-order valence-corrected chi connectivity index (χ4v) is 30.6. The van der Waals surface area contributed by atoms with E-state index in [0.29, 0.717) is 11.6 Å². The zero-order valence-electron chi connectivity index (χ0n) is 79.0. The number of hydrogen-bond donors (Lipinski definition) is 0. The summed E-state index contributed by atoms with van der Waals surface area (Å²) in [4.78, 5) is 22.5. The molecule has 0 aliphatic carbocycles. The van der Waals surface area contributed by atoms with Gasteiger partial charge in [-0.15, -0.1) is 56.7 Å². The summed E-state index contributed by atoms with van der Waals surface area (Å²) in [7, 11) is 0. The zero-order chi connectivity index (χ0) is 96.3. The van der Waals surface area contributed by atoms with Crippen molar-refractivity contribution in [1.82, 2.24) is 33.6 Å². The topological polar surface area (TPSA) is 66.3 Å². The molecule has 148 heavy (non-hydrogen) atoms. The molecule has 10 aromatic heterocycles. The summed E-state index contributed by atoms with van der Waals surface area (Å²) >= 11 is 9.29. The van der Waals surface area contributed by atoms with Gasteiger partial charge in [0.25, 0.3) is 0 Å². The molecule has 0 atom stereocenters. The van der Waals surface area contributed by atoms with Crippen LogP contribution in [0.5, 0.6) is 0 Å². The highest BCUT2D eigenvalue weighted by Crippen LogP contribution is 2.56. The highest BCUT2D eigenvalue weighted by molar-refractivity contribution is 7.28. The maximum atomic E-state index is 5.70. The molecule has 33 aromatic rings. The van der Waals surface area contributed by atoms with E-state index in [4.69, 9.17) is 19.9 Å². The molecule has 0 bridgehead atoms. The van der Waals surface area contributed by atoms with E-state index in [1.807, 2.05) is 45.3 Å². The first-order valence-corrected chi connectivity index (χ1v) is 54.3. The third-order valence-corrected chi connectivity index (χ3v) is 37.0. The van der Waals surface area contributed by atoms with E-state index < -0.39 is 0 Å². The number of benzene rings is 23. The van der Waals surface area contributed by atoms with Crippen LogP contribution in [0.2, 0.25) is 0 Å². The third-order valence-electron chi connectivity index (χ3n) is 31.2. The lowest BCUT2D eigenvalue weighted by Gasteiger charge is -2.15. The lowest BCUT2D eigenvalue weighted by molar-refractivity contribution is 1.18. The summed E-state index contributed by atoms with van der Waals surface area (Å²) in [5.74, 6) is 1.36. The largest absolute Gasteiger partial charge is 0.308 e. The zero-order valence-corrected chi connectivity index (χ0v) is 83.1. The summed E-state index contributed by atoms with van der Waals surface area (Å²) in [5.41, 5.74) is 27.3. The normalized spacial score (nSPS) is 12.3. The number of fused-ring (bicyclic) bond motifs is 39. The van der Waals surface area contributed by atoms with E-state index in [0.717, 1.165) is 116 Å². The molecule has 0 saturated heterocycles. The summed E-state index contributed by atoms with van der Waals surface area (Å²) in [6.07, 6.45) is 0. The van der Waals surface area contributed by atoms with E-state index in [9.17, 15) is 0 Å². The van der Waals surface area contributed by atoms with Gasteiger partial charge in [-0.3, -0.25) is 0 Å². The average Bonchev–Trinajstić information content (AvgIpc) is 1.54. The molecule has 0 fully saturated rings. The van der Waals surface area contributed by atoms with Gasteiger partial charge in [-0.1, -0.05) is 334 Å². The van der Waals surface area contributed by atoms with Crippen LogP contribution < -0.4 is 0 Å². The lowest BCUT2D eigenvalue weighted by atomic mass is 9.94. The van der Waals surface area contributed by atoms with Crippen LogP contribution in [0.3, 0.4) is 0 Å². The monoisotopic (exact) mass is 1970 g/mol. The van der Waals surface area contributed by atoms with Crippen molar-refractivity contribution in [2.45, 2.75) is 0 Å². The highest BCUT2D eigenvalue weighted by atomic mass is 32.1. The molecule has 12 heteroatoms.